The van der Waals surface area contributed by atoms with Crippen molar-refractivity contribution in [2.75, 3.05) is 5.33 Å². The lowest BCUT2D eigenvalue weighted by Crippen LogP contribution is -2.46. The van der Waals surface area contributed by atoms with E-state index >= 15 is 0 Å². The van der Waals surface area contributed by atoms with E-state index in [0.717, 1.165) is 18.2 Å². The molecule has 3 unspecified atom stereocenters. The minimum atomic E-state index is 0.130. The zero-order chi connectivity index (χ0) is 13.1. The van der Waals surface area contributed by atoms with Crippen molar-refractivity contribution >= 4 is 21.8 Å². The number of carbonyl (C=O) groups is 1. The molecule has 0 saturated heterocycles. The van der Waals surface area contributed by atoms with E-state index in [1.54, 1.807) is 0 Å². The van der Waals surface area contributed by atoms with Gasteiger partial charge in [0.15, 0.2) is 0 Å². The Morgan fingerprint density at radius 3 is 2.47 bits per heavy atom. The predicted molar refractivity (Wildman–Crippen MR) is 76.3 cm³/mol. The van der Waals surface area contributed by atoms with E-state index in [2.05, 4.69) is 48.9 Å². The number of rotatable bonds is 4. The Bertz CT molecular complexity index is 259. The molecule has 1 rings (SSSR count). The summed E-state index contributed by atoms with van der Waals surface area (Å²) in [5, 5.41) is 4.20. The molecule has 1 aliphatic carbocycles. The molecule has 1 fully saturated rings. The van der Waals surface area contributed by atoms with E-state index in [-0.39, 0.29) is 23.3 Å². The fourth-order valence-corrected chi connectivity index (χ4v) is 3.10. The summed E-state index contributed by atoms with van der Waals surface area (Å²) in [4.78, 5) is 12.3. The molecule has 0 aromatic heterocycles. The summed E-state index contributed by atoms with van der Waals surface area (Å²) in [6.45, 7) is 8.78. The standard InChI is InChI=1S/C14H26BrNO/c1-10-6-5-7-11(10)13(17)16-12(8-9-15)14(2,3)4/h10-12H,5-9H2,1-4H3,(H,16,17). The second-order valence-corrected chi connectivity index (χ2v) is 7.21. The van der Waals surface area contributed by atoms with E-state index < -0.39 is 0 Å². The summed E-state index contributed by atoms with van der Waals surface area (Å²) < 4.78 is 0. The number of nitrogens with one attached hydrogen (secondary N) is 1. The van der Waals surface area contributed by atoms with Crippen LogP contribution in [-0.2, 0) is 4.79 Å². The summed E-state index contributed by atoms with van der Waals surface area (Å²) >= 11 is 3.48. The molecule has 0 heterocycles. The fraction of sp³-hybridized carbons (Fsp3) is 0.929. The van der Waals surface area contributed by atoms with Gasteiger partial charge < -0.3 is 5.32 Å². The van der Waals surface area contributed by atoms with Gasteiger partial charge in [0.2, 0.25) is 5.91 Å². The predicted octanol–water partition coefficient (Wildman–Crippen LogP) is 3.74. The van der Waals surface area contributed by atoms with E-state index in [9.17, 15) is 4.79 Å². The largest absolute Gasteiger partial charge is 0.353 e. The van der Waals surface area contributed by atoms with Gasteiger partial charge in [0.1, 0.15) is 0 Å². The molecular formula is C14H26BrNO. The highest BCUT2D eigenvalue weighted by atomic mass is 79.9. The van der Waals surface area contributed by atoms with Gasteiger partial charge in [-0.15, -0.1) is 0 Å². The number of alkyl halides is 1. The first-order valence-corrected chi connectivity index (χ1v) is 7.84. The summed E-state index contributed by atoms with van der Waals surface area (Å²) in [6.07, 6.45) is 4.48. The lowest BCUT2D eigenvalue weighted by atomic mass is 9.84. The summed E-state index contributed by atoms with van der Waals surface area (Å²) in [5.74, 6) is 1.07. The Kier molecular flexibility index (Phi) is 5.49. The molecule has 2 nitrogen and oxygen atoms in total. The van der Waals surface area contributed by atoms with Crippen LogP contribution in [0.1, 0.15) is 53.4 Å². The van der Waals surface area contributed by atoms with E-state index in [1.165, 1.54) is 12.8 Å². The third kappa shape index (κ3) is 4.27. The molecule has 1 saturated carbocycles. The molecule has 0 radical (unpaired) electrons. The summed E-state index contributed by atoms with van der Waals surface area (Å²) in [5.41, 5.74) is 0.130. The Labute approximate surface area is 114 Å². The molecule has 3 atom stereocenters. The molecule has 17 heavy (non-hydrogen) atoms. The average Bonchev–Trinajstić information content (AvgIpc) is 2.62. The van der Waals surface area contributed by atoms with Gasteiger partial charge in [-0.2, -0.15) is 0 Å². The number of amides is 1. The van der Waals surface area contributed by atoms with Crippen molar-refractivity contribution in [2.24, 2.45) is 17.3 Å². The van der Waals surface area contributed by atoms with Crippen LogP contribution in [-0.4, -0.2) is 17.3 Å². The minimum Gasteiger partial charge on any atom is -0.353 e. The molecular weight excluding hydrogens is 278 g/mol. The summed E-state index contributed by atoms with van der Waals surface area (Å²) in [6, 6.07) is 0.266. The van der Waals surface area contributed by atoms with Gasteiger partial charge in [-0.1, -0.05) is 50.0 Å². The van der Waals surface area contributed by atoms with Crippen molar-refractivity contribution in [1.29, 1.82) is 0 Å². The van der Waals surface area contributed by atoms with Crippen molar-refractivity contribution in [3.8, 4) is 0 Å². The van der Waals surface area contributed by atoms with Crippen LogP contribution in [0.25, 0.3) is 0 Å². The van der Waals surface area contributed by atoms with Gasteiger partial charge in [-0.25, -0.2) is 0 Å². The van der Waals surface area contributed by atoms with Crippen molar-refractivity contribution in [3.05, 3.63) is 0 Å². The van der Waals surface area contributed by atoms with Crippen molar-refractivity contribution < 1.29 is 4.79 Å². The number of hydrogen-bond donors (Lipinski definition) is 1. The van der Waals surface area contributed by atoms with Crippen LogP contribution in [0.15, 0.2) is 0 Å². The van der Waals surface area contributed by atoms with Gasteiger partial charge in [0.05, 0.1) is 0 Å². The van der Waals surface area contributed by atoms with Crippen molar-refractivity contribution in [1.82, 2.24) is 5.32 Å². The lowest BCUT2D eigenvalue weighted by molar-refractivity contribution is -0.127. The van der Waals surface area contributed by atoms with Gasteiger partial charge >= 0.3 is 0 Å². The smallest absolute Gasteiger partial charge is 0.223 e. The van der Waals surface area contributed by atoms with E-state index in [4.69, 9.17) is 0 Å². The van der Waals surface area contributed by atoms with Gasteiger partial charge in [-0.05, 0) is 30.6 Å². The highest BCUT2D eigenvalue weighted by molar-refractivity contribution is 9.09. The first-order chi connectivity index (χ1) is 7.86. The Balaban J connectivity index is 2.57. The highest BCUT2D eigenvalue weighted by Gasteiger charge is 2.33. The van der Waals surface area contributed by atoms with Crippen LogP contribution < -0.4 is 5.32 Å². The molecule has 0 aromatic carbocycles. The minimum absolute atomic E-state index is 0.130. The zero-order valence-corrected chi connectivity index (χ0v) is 13.1. The zero-order valence-electron chi connectivity index (χ0n) is 11.6. The molecule has 0 bridgehead atoms. The molecule has 0 aromatic rings. The molecule has 0 aliphatic heterocycles. The lowest BCUT2D eigenvalue weighted by Gasteiger charge is -2.32. The fourth-order valence-electron chi connectivity index (χ4n) is 2.64. The number of hydrogen-bond acceptors (Lipinski definition) is 1. The second kappa shape index (κ2) is 6.21. The van der Waals surface area contributed by atoms with Crippen LogP contribution in [0.5, 0.6) is 0 Å². The Morgan fingerprint density at radius 2 is 2.06 bits per heavy atom. The van der Waals surface area contributed by atoms with Crippen LogP contribution in [0.4, 0.5) is 0 Å². The average molecular weight is 304 g/mol. The quantitative estimate of drug-likeness (QED) is 0.788. The first-order valence-electron chi connectivity index (χ1n) is 6.72. The Morgan fingerprint density at radius 1 is 1.41 bits per heavy atom. The number of carbonyl (C=O) groups excluding carboxylic acids is 1. The van der Waals surface area contributed by atoms with Gasteiger partial charge in [0.25, 0.3) is 0 Å². The third-order valence-corrected chi connectivity index (χ3v) is 4.42. The molecule has 1 aliphatic rings. The van der Waals surface area contributed by atoms with Crippen LogP contribution in [0.2, 0.25) is 0 Å². The molecule has 1 N–H and O–H groups in total. The van der Waals surface area contributed by atoms with E-state index in [1.807, 2.05) is 0 Å². The van der Waals surface area contributed by atoms with Crippen molar-refractivity contribution in [3.63, 3.8) is 0 Å². The normalized spacial score (nSPS) is 26.9. The van der Waals surface area contributed by atoms with Crippen molar-refractivity contribution in [2.45, 2.75) is 59.4 Å². The van der Waals surface area contributed by atoms with Crippen LogP contribution in [0, 0.1) is 17.3 Å². The van der Waals surface area contributed by atoms with E-state index in [0.29, 0.717) is 5.92 Å². The highest BCUT2D eigenvalue weighted by Crippen LogP contribution is 2.32. The molecule has 1 amide bonds. The molecule has 100 valence electrons. The second-order valence-electron chi connectivity index (χ2n) is 6.42. The maximum atomic E-state index is 12.3. The SMILES string of the molecule is CC1CCCC1C(=O)NC(CCBr)C(C)(C)C. The van der Waals surface area contributed by atoms with Crippen LogP contribution >= 0.6 is 15.9 Å². The van der Waals surface area contributed by atoms with Gasteiger partial charge in [0, 0.05) is 17.3 Å². The third-order valence-electron chi connectivity index (χ3n) is 3.96. The first kappa shape index (κ1) is 15.0. The topological polar surface area (TPSA) is 29.1 Å². The maximum absolute atomic E-state index is 12.3. The molecule has 0 spiro atoms. The maximum Gasteiger partial charge on any atom is 0.223 e. The summed E-state index contributed by atoms with van der Waals surface area (Å²) in [7, 11) is 0. The van der Waals surface area contributed by atoms with Gasteiger partial charge in [-0.3, -0.25) is 4.79 Å². The Hall–Kier alpha value is -0.0500. The molecule has 3 heteroatoms. The van der Waals surface area contributed by atoms with Crippen LogP contribution in [0.3, 0.4) is 0 Å². The monoisotopic (exact) mass is 303 g/mol. The number of halogens is 1.